The van der Waals surface area contributed by atoms with Crippen LogP contribution in [0.2, 0.25) is 0 Å². The highest BCUT2D eigenvalue weighted by atomic mass is 16.5. The predicted molar refractivity (Wildman–Crippen MR) is 104 cm³/mol. The zero-order chi connectivity index (χ0) is 18.4. The summed E-state index contributed by atoms with van der Waals surface area (Å²) in [6.07, 6.45) is -0.417. The van der Waals surface area contributed by atoms with Crippen molar-refractivity contribution in [1.82, 2.24) is 0 Å². The second kappa shape index (κ2) is 9.17. The summed E-state index contributed by atoms with van der Waals surface area (Å²) in [5.41, 5.74) is 3.67. The normalized spacial score (nSPS) is 21.3. The van der Waals surface area contributed by atoms with Crippen LogP contribution in [0.3, 0.4) is 0 Å². The van der Waals surface area contributed by atoms with E-state index in [1.807, 2.05) is 6.07 Å². The molecular weight excluding hydrogens is 324 g/mol. The molecule has 4 nitrogen and oxygen atoms in total. The highest BCUT2D eigenvalue weighted by Crippen LogP contribution is 2.22. The third-order valence-electron chi connectivity index (χ3n) is 5.31. The zero-order valence-corrected chi connectivity index (χ0v) is 16.0. The third kappa shape index (κ3) is 5.31. The summed E-state index contributed by atoms with van der Waals surface area (Å²) in [6.45, 7) is 10.9. The molecule has 1 fully saturated rings. The minimum Gasteiger partial charge on any atom is -0.490 e. The molecule has 1 atom stereocenters. The Labute approximate surface area is 157 Å². The zero-order valence-electron chi connectivity index (χ0n) is 16.0. The highest BCUT2D eigenvalue weighted by Gasteiger charge is 2.25. The molecule has 2 aromatic rings. The fourth-order valence-electron chi connectivity index (χ4n) is 3.82. The maximum atomic E-state index is 10.4. The second-order valence-electron chi connectivity index (χ2n) is 7.55. The van der Waals surface area contributed by atoms with E-state index in [0.717, 1.165) is 56.1 Å². The lowest BCUT2D eigenvalue weighted by Gasteiger charge is -2.30. The van der Waals surface area contributed by atoms with E-state index >= 15 is 0 Å². The van der Waals surface area contributed by atoms with E-state index in [0.29, 0.717) is 6.61 Å². The number of rotatable bonds is 7. The molecule has 0 amide bonds. The molecule has 0 bridgehead atoms. The summed E-state index contributed by atoms with van der Waals surface area (Å²) in [5, 5.41) is 10.4. The molecule has 1 aliphatic rings. The molecule has 2 aromatic carbocycles. The molecule has 0 radical (unpaired) electrons. The van der Waals surface area contributed by atoms with Crippen molar-refractivity contribution in [2.45, 2.75) is 26.5 Å². The molecule has 0 spiro atoms. The van der Waals surface area contributed by atoms with Crippen LogP contribution in [-0.2, 0) is 6.54 Å². The lowest BCUT2D eigenvalue weighted by molar-refractivity contribution is -1.02. The molecule has 1 aliphatic heterocycles. The van der Waals surface area contributed by atoms with E-state index in [2.05, 4.69) is 56.3 Å². The van der Waals surface area contributed by atoms with Gasteiger partial charge in [-0.25, -0.2) is 0 Å². The van der Waals surface area contributed by atoms with E-state index in [1.54, 1.807) is 4.90 Å². The molecule has 0 aliphatic carbocycles. The lowest BCUT2D eigenvalue weighted by Crippen LogP contribution is -3.28. The molecule has 1 heterocycles. The van der Waals surface area contributed by atoms with Gasteiger partial charge in [-0.05, 0) is 25.0 Å². The molecule has 140 valence electrons. The van der Waals surface area contributed by atoms with E-state index in [4.69, 9.17) is 4.74 Å². The van der Waals surface area contributed by atoms with E-state index in [9.17, 15) is 5.11 Å². The number of para-hydroxylation sites is 1. The monoisotopic (exact) mass is 356 g/mol. The Bertz CT molecular complexity index is 662. The molecule has 0 saturated carbocycles. The van der Waals surface area contributed by atoms with Gasteiger partial charge in [0.05, 0.1) is 0 Å². The molecule has 26 heavy (non-hydrogen) atoms. The molecular formula is C22H32N2O2+2. The standard InChI is InChI=1S/C22H30N2O2/c1-18-7-6-8-19(2)22(18)26-17-21(25)16-24-13-11-23(12-14-24)15-20-9-4-3-5-10-20/h3-10,21,25H,11-17H2,1-2H3/p+2/t21-/m0/s1. The van der Waals surface area contributed by atoms with E-state index < -0.39 is 6.10 Å². The lowest BCUT2D eigenvalue weighted by atomic mass is 10.1. The van der Waals surface area contributed by atoms with Gasteiger partial charge in [-0.3, -0.25) is 0 Å². The SMILES string of the molecule is Cc1cccc(C)c1OC[C@@H](O)C[NH+]1CC[NH+](Cc2ccccc2)CC1. The minimum atomic E-state index is -0.417. The van der Waals surface area contributed by atoms with Gasteiger partial charge in [0.1, 0.15) is 57.7 Å². The Morgan fingerprint density at radius 3 is 2.15 bits per heavy atom. The first kappa shape index (κ1) is 18.9. The van der Waals surface area contributed by atoms with Crippen LogP contribution in [0.1, 0.15) is 16.7 Å². The number of aliphatic hydroxyl groups excluding tert-OH is 1. The summed E-state index contributed by atoms with van der Waals surface area (Å²) < 4.78 is 5.90. The van der Waals surface area contributed by atoms with E-state index in [-0.39, 0.29) is 0 Å². The number of aliphatic hydroxyl groups is 1. The van der Waals surface area contributed by atoms with Crippen LogP contribution in [0.15, 0.2) is 48.5 Å². The van der Waals surface area contributed by atoms with Crippen molar-refractivity contribution < 1.29 is 19.6 Å². The summed E-state index contributed by atoms with van der Waals surface area (Å²) >= 11 is 0. The van der Waals surface area contributed by atoms with Gasteiger partial charge in [0.15, 0.2) is 0 Å². The van der Waals surface area contributed by atoms with Crippen molar-refractivity contribution in [1.29, 1.82) is 0 Å². The van der Waals surface area contributed by atoms with Gasteiger partial charge in [0, 0.05) is 5.56 Å². The fraction of sp³-hybridized carbons (Fsp3) is 0.455. The molecule has 1 saturated heterocycles. The molecule has 3 rings (SSSR count). The number of piperazine rings is 1. The largest absolute Gasteiger partial charge is 0.490 e. The van der Waals surface area contributed by atoms with Crippen molar-refractivity contribution in [3.63, 3.8) is 0 Å². The average Bonchev–Trinajstić information content (AvgIpc) is 2.64. The molecule has 0 unspecified atom stereocenters. The number of benzene rings is 2. The second-order valence-corrected chi connectivity index (χ2v) is 7.55. The van der Waals surface area contributed by atoms with Gasteiger partial charge in [-0.1, -0.05) is 48.5 Å². The van der Waals surface area contributed by atoms with Crippen LogP contribution in [0.4, 0.5) is 0 Å². The third-order valence-corrected chi connectivity index (χ3v) is 5.31. The van der Waals surface area contributed by atoms with Crippen molar-refractivity contribution in [3.05, 3.63) is 65.2 Å². The van der Waals surface area contributed by atoms with E-state index in [1.165, 1.54) is 10.5 Å². The maximum Gasteiger partial charge on any atom is 0.137 e. The molecule has 0 aromatic heterocycles. The predicted octanol–water partition coefficient (Wildman–Crippen LogP) is 0.0267. The summed E-state index contributed by atoms with van der Waals surface area (Å²) in [4.78, 5) is 3.13. The smallest absolute Gasteiger partial charge is 0.137 e. The Hall–Kier alpha value is -1.88. The highest BCUT2D eigenvalue weighted by molar-refractivity contribution is 5.39. The minimum absolute atomic E-state index is 0.371. The van der Waals surface area contributed by atoms with Crippen molar-refractivity contribution in [2.24, 2.45) is 0 Å². The number of aryl methyl sites for hydroxylation is 2. The topological polar surface area (TPSA) is 38.3 Å². The van der Waals surface area contributed by atoms with Gasteiger partial charge < -0.3 is 19.6 Å². The van der Waals surface area contributed by atoms with Crippen LogP contribution >= 0.6 is 0 Å². The van der Waals surface area contributed by atoms with Gasteiger partial charge in [0.2, 0.25) is 0 Å². The van der Waals surface area contributed by atoms with Crippen LogP contribution in [0.25, 0.3) is 0 Å². The van der Waals surface area contributed by atoms with Crippen molar-refractivity contribution in [3.8, 4) is 5.75 Å². The Morgan fingerprint density at radius 2 is 1.50 bits per heavy atom. The Kier molecular flexibility index (Phi) is 6.67. The first-order valence-electron chi connectivity index (χ1n) is 9.70. The maximum absolute atomic E-state index is 10.4. The van der Waals surface area contributed by atoms with Crippen LogP contribution in [0, 0.1) is 13.8 Å². The van der Waals surface area contributed by atoms with Crippen LogP contribution in [0.5, 0.6) is 5.75 Å². The average molecular weight is 357 g/mol. The van der Waals surface area contributed by atoms with Crippen molar-refractivity contribution in [2.75, 3.05) is 39.3 Å². The fourth-order valence-corrected chi connectivity index (χ4v) is 3.82. The molecule has 4 heteroatoms. The number of quaternary nitrogens is 2. The number of nitrogens with one attached hydrogen (secondary N) is 2. The van der Waals surface area contributed by atoms with Crippen LogP contribution < -0.4 is 14.5 Å². The quantitative estimate of drug-likeness (QED) is 0.655. The van der Waals surface area contributed by atoms with Gasteiger partial charge >= 0.3 is 0 Å². The molecule has 3 N–H and O–H groups in total. The van der Waals surface area contributed by atoms with Gasteiger partial charge in [-0.2, -0.15) is 0 Å². The van der Waals surface area contributed by atoms with Gasteiger partial charge in [0.25, 0.3) is 0 Å². The first-order chi connectivity index (χ1) is 12.6. The Balaban J connectivity index is 1.40. The number of ether oxygens (including phenoxy) is 1. The summed E-state index contributed by atoms with van der Waals surface area (Å²) in [7, 11) is 0. The number of hydrogen-bond donors (Lipinski definition) is 3. The number of hydrogen-bond acceptors (Lipinski definition) is 2. The van der Waals surface area contributed by atoms with Gasteiger partial charge in [-0.15, -0.1) is 0 Å². The summed E-state index contributed by atoms with van der Waals surface area (Å²) in [6, 6.07) is 16.9. The first-order valence-corrected chi connectivity index (χ1v) is 9.70. The summed E-state index contributed by atoms with van der Waals surface area (Å²) in [5.74, 6) is 0.915. The van der Waals surface area contributed by atoms with Crippen molar-refractivity contribution >= 4 is 0 Å². The van der Waals surface area contributed by atoms with Crippen LogP contribution in [-0.4, -0.2) is 50.5 Å². The Morgan fingerprint density at radius 1 is 0.885 bits per heavy atom.